The van der Waals surface area contributed by atoms with E-state index in [9.17, 15) is 0 Å². The molecule has 1 atom stereocenters. The first kappa shape index (κ1) is 9.74. The van der Waals surface area contributed by atoms with Crippen LogP contribution in [0.4, 0.5) is 0 Å². The Balaban J connectivity index is 2.00. The summed E-state index contributed by atoms with van der Waals surface area (Å²) in [5.41, 5.74) is 6.08. The molecule has 1 heterocycles. The lowest BCUT2D eigenvalue weighted by atomic mass is 9.79. The molecule has 0 amide bonds. The largest absolute Gasteiger partial charge is 0.462 e. The summed E-state index contributed by atoms with van der Waals surface area (Å²) in [4.78, 5) is 0. The third kappa shape index (κ3) is 1.83. The fourth-order valence-corrected chi connectivity index (χ4v) is 1.82. The van der Waals surface area contributed by atoms with E-state index in [-0.39, 0.29) is 6.04 Å². The van der Waals surface area contributed by atoms with Crippen LogP contribution in [0.3, 0.4) is 0 Å². The highest BCUT2D eigenvalue weighted by Crippen LogP contribution is 2.36. The SMILES string of the molecule is COCc1ccc(C(N)C2CCC2)o1. The van der Waals surface area contributed by atoms with E-state index in [0.29, 0.717) is 12.5 Å². The predicted molar refractivity (Wildman–Crippen MR) is 53.7 cm³/mol. The van der Waals surface area contributed by atoms with Gasteiger partial charge in [-0.05, 0) is 30.9 Å². The van der Waals surface area contributed by atoms with Gasteiger partial charge in [0.15, 0.2) is 0 Å². The molecule has 1 aliphatic carbocycles. The Bertz CT molecular complexity index is 291. The van der Waals surface area contributed by atoms with Crippen LogP contribution in [0, 0.1) is 5.92 Å². The Morgan fingerprint density at radius 1 is 1.57 bits per heavy atom. The highest BCUT2D eigenvalue weighted by Gasteiger charge is 2.27. The van der Waals surface area contributed by atoms with Gasteiger partial charge in [-0.25, -0.2) is 0 Å². The summed E-state index contributed by atoms with van der Waals surface area (Å²) in [6.07, 6.45) is 3.78. The van der Waals surface area contributed by atoms with Crippen LogP contribution < -0.4 is 5.73 Å². The fourth-order valence-electron chi connectivity index (χ4n) is 1.82. The molecule has 1 fully saturated rings. The molecular weight excluding hydrogens is 178 g/mol. The van der Waals surface area contributed by atoms with Crippen molar-refractivity contribution in [1.29, 1.82) is 0 Å². The smallest absolute Gasteiger partial charge is 0.129 e. The van der Waals surface area contributed by atoms with E-state index in [1.807, 2.05) is 12.1 Å². The van der Waals surface area contributed by atoms with Gasteiger partial charge in [-0.3, -0.25) is 0 Å². The molecule has 1 aromatic heterocycles. The molecule has 14 heavy (non-hydrogen) atoms. The third-order valence-corrected chi connectivity index (χ3v) is 2.96. The summed E-state index contributed by atoms with van der Waals surface area (Å²) < 4.78 is 10.6. The molecule has 0 radical (unpaired) electrons. The summed E-state index contributed by atoms with van der Waals surface area (Å²) >= 11 is 0. The number of ether oxygens (including phenoxy) is 1. The Morgan fingerprint density at radius 3 is 2.93 bits per heavy atom. The van der Waals surface area contributed by atoms with Crippen molar-refractivity contribution < 1.29 is 9.15 Å². The quantitative estimate of drug-likeness (QED) is 0.801. The van der Waals surface area contributed by atoms with Gasteiger partial charge < -0.3 is 14.9 Å². The Labute approximate surface area is 84.2 Å². The summed E-state index contributed by atoms with van der Waals surface area (Å²) in [6.45, 7) is 0.525. The van der Waals surface area contributed by atoms with Gasteiger partial charge in [0.05, 0.1) is 6.04 Å². The van der Waals surface area contributed by atoms with E-state index >= 15 is 0 Å². The van der Waals surface area contributed by atoms with Gasteiger partial charge >= 0.3 is 0 Å². The van der Waals surface area contributed by atoms with Crippen LogP contribution in [0.2, 0.25) is 0 Å². The highest BCUT2D eigenvalue weighted by molar-refractivity contribution is 5.11. The second-order valence-corrected chi connectivity index (χ2v) is 3.95. The van der Waals surface area contributed by atoms with E-state index < -0.39 is 0 Å². The van der Waals surface area contributed by atoms with Gasteiger partial charge in [0.1, 0.15) is 18.1 Å². The Kier molecular flexibility index (Phi) is 2.89. The molecule has 1 aromatic rings. The molecule has 1 saturated carbocycles. The molecule has 78 valence electrons. The predicted octanol–water partition coefficient (Wildman–Crippen LogP) is 2.23. The lowest BCUT2D eigenvalue weighted by molar-refractivity contribution is 0.158. The number of nitrogens with two attached hydrogens (primary N) is 1. The maximum atomic E-state index is 6.08. The molecule has 0 aromatic carbocycles. The van der Waals surface area contributed by atoms with E-state index in [4.69, 9.17) is 14.9 Å². The van der Waals surface area contributed by atoms with Crippen molar-refractivity contribution in [2.45, 2.75) is 31.9 Å². The van der Waals surface area contributed by atoms with Gasteiger partial charge in [0.25, 0.3) is 0 Å². The normalized spacial score (nSPS) is 19.3. The molecule has 0 spiro atoms. The first-order valence-corrected chi connectivity index (χ1v) is 5.14. The number of rotatable bonds is 4. The number of methoxy groups -OCH3 is 1. The van der Waals surface area contributed by atoms with E-state index in [1.165, 1.54) is 19.3 Å². The zero-order valence-electron chi connectivity index (χ0n) is 8.53. The van der Waals surface area contributed by atoms with E-state index in [1.54, 1.807) is 7.11 Å². The Morgan fingerprint density at radius 2 is 2.36 bits per heavy atom. The van der Waals surface area contributed by atoms with Crippen LogP contribution in [0.25, 0.3) is 0 Å². The minimum atomic E-state index is 0.0781. The van der Waals surface area contributed by atoms with Crippen LogP contribution in [0.5, 0.6) is 0 Å². The monoisotopic (exact) mass is 195 g/mol. The summed E-state index contributed by atoms with van der Waals surface area (Å²) in [5.74, 6) is 2.38. The van der Waals surface area contributed by atoms with Gasteiger partial charge in [-0.15, -0.1) is 0 Å². The van der Waals surface area contributed by atoms with Crippen molar-refractivity contribution in [3.8, 4) is 0 Å². The molecule has 1 unspecified atom stereocenters. The van der Waals surface area contributed by atoms with Gasteiger partial charge in [-0.2, -0.15) is 0 Å². The summed E-state index contributed by atoms with van der Waals surface area (Å²) in [5, 5.41) is 0. The van der Waals surface area contributed by atoms with Crippen molar-refractivity contribution in [1.82, 2.24) is 0 Å². The average molecular weight is 195 g/mol. The van der Waals surface area contributed by atoms with Gasteiger partial charge in [0.2, 0.25) is 0 Å². The van der Waals surface area contributed by atoms with Crippen LogP contribution in [-0.2, 0) is 11.3 Å². The molecular formula is C11H17NO2. The lowest BCUT2D eigenvalue weighted by Crippen LogP contribution is -2.26. The van der Waals surface area contributed by atoms with E-state index in [0.717, 1.165) is 11.5 Å². The second-order valence-electron chi connectivity index (χ2n) is 3.95. The van der Waals surface area contributed by atoms with Gasteiger partial charge in [0, 0.05) is 7.11 Å². The van der Waals surface area contributed by atoms with Crippen molar-refractivity contribution >= 4 is 0 Å². The molecule has 0 saturated heterocycles. The fraction of sp³-hybridized carbons (Fsp3) is 0.636. The maximum absolute atomic E-state index is 6.08. The topological polar surface area (TPSA) is 48.4 Å². The Hall–Kier alpha value is -0.800. The molecule has 3 nitrogen and oxygen atoms in total. The zero-order chi connectivity index (χ0) is 9.97. The minimum absolute atomic E-state index is 0.0781. The second kappa shape index (κ2) is 4.15. The molecule has 2 rings (SSSR count). The number of hydrogen-bond acceptors (Lipinski definition) is 3. The number of hydrogen-bond donors (Lipinski definition) is 1. The van der Waals surface area contributed by atoms with E-state index in [2.05, 4.69) is 0 Å². The summed E-state index contributed by atoms with van der Waals surface area (Å²) in [7, 11) is 1.66. The van der Waals surface area contributed by atoms with Crippen LogP contribution >= 0.6 is 0 Å². The summed E-state index contributed by atoms with van der Waals surface area (Å²) in [6, 6.07) is 3.99. The molecule has 2 N–H and O–H groups in total. The first-order valence-electron chi connectivity index (χ1n) is 5.14. The highest BCUT2D eigenvalue weighted by atomic mass is 16.5. The minimum Gasteiger partial charge on any atom is -0.462 e. The number of furan rings is 1. The van der Waals surface area contributed by atoms with Crippen LogP contribution in [0.15, 0.2) is 16.5 Å². The standard InChI is InChI=1S/C11H17NO2/c1-13-7-9-5-6-10(14-9)11(12)8-3-2-4-8/h5-6,8,11H,2-4,7,12H2,1H3. The van der Waals surface area contributed by atoms with Crippen molar-refractivity contribution in [3.05, 3.63) is 23.7 Å². The van der Waals surface area contributed by atoms with Crippen molar-refractivity contribution in [2.75, 3.05) is 7.11 Å². The first-order chi connectivity index (χ1) is 6.81. The molecule has 0 bridgehead atoms. The molecule has 3 heteroatoms. The van der Waals surface area contributed by atoms with Crippen molar-refractivity contribution in [2.24, 2.45) is 11.7 Å². The lowest BCUT2D eigenvalue weighted by Gasteiger charge is -2.29. The third-order valence-electron chi connectivity index (χ3n) is 2.96. The maximum Gasteiger partial charge on any atom is 0.129 e. The van der Waals surface area contributed by atoms with Crippen LogP contribution in [-0.4, -0.2) is 7.11 Å². The molecule has 1 aliphatic rings. The zero-order valence-corrected chi connectivity index (χ0v) is 8.53. The molecule has 0 aliphatic heterocycles. The van der Waals surface area contributed by atoms with Gasteiger partial charge in [-0.1, -0.05) is 6.42 Å². The average Bonchev–Trinajstić information content (AvgIpc) is 2.50. The van der Waals surface area contributed by atoms with Crippen LogP contribution in [0.1, 0.15) is 36.8 Å². The van der Waals surface area contributed by atoms with Crippen molar-refractivity contribution in [3.63, 3.8) is 0 Å².